The van der Waals surface area contributed by atoms with Crippen molar-refractivity contribution in [3.05, 3.63) is 201 Å². The topological polar surface area (TPSA) is 47.9 Å². The van der Waals surface area contributed by atoms with Crippen molar-refractivity contribution < 1.29 is 0 Å². The molecule has 0 saturated heterocycles. The zero-order valence-electron chi connectivity index (χ0n) is 33.0. The highest BCUT2D eigenvalue weighted by atomic mass is 15.0. The van der Waals surface area contributed by atoms with Crippen LogP contribution in [-0.4, -0.2) is 17.8 Å². The van der Waals surface area contributed by atoms with Gasteiger partial charge in [-0.2, -0.15) is 0 Å². The Bertz CT molecular complexity index is 2480. The van der Waals surface area contributed by atoms with Crippen molar-refractivity contribution in [3.8, 4) is 11.1 Å². The molecule has 0 spiro atoms. The van der Waals surface area contributed by atoms with E-state index in [4.69, 9.17) is 5.41 Å². The van der Waals surface area contributed by atoms with Gasteiger partial charge in [0.15, 0.2) is 0 Å². The van der Waals surface area contributed by atoms with E-state index in [1.54, 1.807) is 0 Å². The molecular formula is C53H51N3. The van der Waals surface area contributed by atoms with Crippen LogP contribution in [0.5, 0.6) is 0 Å². The summed E-state index contributed by atoms with van der Waals surface area (Å²) in [5.41, 5.74) is 20.6. The Kier molecular flexibility index (Phi) is 9.33. The predicted octanol–water partition coefficient (Wildman–Crippen LogP) is 13.1. The molecule has 0 aromatic heterocycles. The molecule has 0 amide bonds. The number of allylic oxidation sites excluding steroid dienone is 13. The molecular weight excluding hydrogens is 679 g/mol. The molecule has 4 aromatic carbocycles. The lowest BCUT2D eigenvalue weighted by atomic mass is 9.65. The lowest BCUT2D eigenvalue weighted by Crippen LogP contribution is -2.33. The molecule has 5 aliphatic rings. The van der Waals surface area contributed by atoms with Gasteiger partial charge in [-0.15, -0.1) is 0 Å². The van der Waals surface area contributed by atoms with Gasteiger partial charge in [0.05, 0.1) is 22.5 Å². The van der Waals surface area contributed by atoms with Gasteiger partial charge in [0.25, 0.3) is 0 Å². The number of hydrogen-bond donors (Lipinski definition) is 3. The first-order valence-electron chi connectivity index (χ1n) is 20.5. The van der Waals surface area contributed by atoms with E-state index in [2.05, 4.69) is 178 Å². The average Bonchev–Trinajstić information content (AvgIpc) is 3.52. The summed E-state index contributed by atoms with van der Waals surface area (Å²) in [6.07, 6.45) is 27.4. The Morgan fingerprint density at radius 2 is 1.64 bits per heavy atom. The van der Waals surface area contributed by atoms with Gasteiger partial charge in [-0.1, -0.05) is 147 Å². The van der Waals surface area contributed by atoms with E-state index in [1.165, 1.54) is 72.6 Å². The smallest absolute Gasteiger partial charge is 0.0710 e. The Balaban J connectivity index is 1.10. The predicted molar refractivity (Wildman–Crippen MR) is 239 cm³/mol. The number of fused-ring (bicyclic) bond motifs is 6. The summed E-state index contributed by atoms with van der Waals surface area (Å²) in [5, 5.41) is 16.6. The number of nitrogens with one attached hydrogen (secondary N) is 3. The van der Waals surface area contributed by atoms with E-state index >= 15 is 0 Å². The average molecular weight is 730 g/mol. The van der Waals surface area contributed by atoms with E-state index in [0.29, 0.717) is 11.8 Å². The van der Waals surface area contributed by atoms with E-state index in [-0.39, 0.29) is 6.04 Å². The second kappa shape index (κ2) is 14.6. The third kappa shape index (κ3) is 6.11. The van der Waals surface area contributed by atoms with Gasteiger partial charge in [-0.3, -0.25) is 0 Å². The summed E-state index contributed by atoms with van der Waals surface area (Å²) in [6, 6.07) is 32.5. The Morgan fingerprint density at radius 3 is 2.41 bits per heavy atom. The van der Waals surface area contributed by atoms with Crippen LogP contribution in [0.4, 0.5) is 11.4 Å². The zero-order chi connectivity index (χ0) is 38.4. The molecule has 3 nitrogen and oxygen atoms in total. The summed E-state index contributed by atoms with van der Waals surface area (Å²) in [6.45, 7) is 8.75. The highest BCUT2D eigenvalue weighted by Gasteiger charge is 2.47. The molecule has 56 heavy (non-hydrogen) atoms. The molecule has 3 aliphatic carbocycles. The number of anilines is 2. The van der Waals surface area contributed by atoms with Crippen molar-refractivity contribution in [2.24, 2.45) is 0 Å². The first-order chi connectivity index (χ1) is 27.3. The van der Waals surface area contributed by atoms with Crippen molar-refractivity contribution in [3.63, 3.8) is 0 Å². The summed E-state index contributed by atoms with van der Waals surface area (Å²) in [4.78, 5) is 0. The normalized spacial score (nSPS) is 21.5. The quantitative estimate of drug-likeness (QED) is 0.177. The van der Waals surface area contributed by atoms with Crippen molar-refractivity contribution in [1.82, 2.24) is 0 Å². The monoisotopic (exact) mass is 729 g/mol. The standard InChI is InChI=1S/C53H51N3/c1-5-13-34(2)40-25-24-38(49(54)33-40)16-10-14-37-15-11-18-42(31-37)53(47-22-8-6-20-45(47)46-21-7-9-23-48(46)53)43-19-12-17-41(32-43)50-29-27-39-26-28-44-35(3)30-36(4)55-52(44)51(39)56-50/h6-11,13-16,18-26,28,30-33,36,50,54-56H,5,12,17,27,29H2,1-4H3/b14-10+,34-13-,38-16-,54-49?. The van der Waals surface area contributed by atoms with Crippen LogP contribution in [0.1, 0.15) is 86.8 Å². The number of hydrogen-bond acceptors (Lipinski definition) is 3. The third-order valence-electron chi connectivity index (χ3n) is 12.5. The molecule has 3 heteroatoms. The minimum absolute atomic E-state index is 0.275. The highest BCUT2D eigenvalue weighted by Crippen LogP contribution is 2.57. The maximum absolute atomic E-state index is 8.71. The van der Waals surface area contributed by atoms with Crippen LogP contribution in [0.3, 0.4) is 0 Å². The molecule has 9 rings (SSSR count). The lowest BCUT2D eigenvalue weighted by molar-refractivity contribution is 0.658. The molecule has 0 bridgehead atoms. The van der Waals surface area contributed by atoms with Crippen LogP contribution in [0, 0.1) is 5.41 Å². The van der Waals surface area contributed by atoms with Gasteiger partial charge < -0.3 is 16.0 Å². The molecule has 4 aromatic rings. The van der Waals surface area contributed by atoms with Gasteiger partial charge in [0, 0.05) is 17.6 Å². The summed E-state index contributed by atoms with van der Waals surface area (Å²) in [7, 11) is 0. The fourth-order valence-electron chi connectivity index (χ4n) is 9.85. The van der Waals surface area contributed by atoms with Crippen molar-refractivity contribution in [1.29, 1.82) is 5.41 Å². The maximum Gasteiger partial charge on any atom is 0.0710 e. The Labute approximate surface area is 332 Å². The molecule has 2 aliphatic heterocycles. The molecule has 0 fully saturated rings. The molecule has 2 unspecified atom stereocenters. The van der Waals surface area contributed by atoms with Crippen LogP contribution in [0.25, 0.3) is 22.8 Å². The van der Waals surface area contributed by atoms with Crippen LogP contribution in [-0.2, 0) is 11.8 Å². The number of rotatable bonds is 7. The SMILES string of the molecule is CC/C=C(/C)C1=CC(=N)/C(=C\C=C\c2cccc(C3(C4=CCCC(C5CCc6ccc7c(c6N5)NC(C)C=C7C)=C4)c4ccccc4-c4ccccc43)c2)C=C1. The van der Waals surface area contributed by atoms with Crippen LogP contribution in [0.2, 0.25) is 0 Å². The summed E-state index contributed by atoms with van der Waals surface area (Å²) in [5.74, 6) is 0. The second-order valence-electron chi connectivity index (χ2n) is 16.0. The van der Waals surface area contributed by atoms with E-state index in [1.807, 2.05) is 6.08 Å². The molecule has 2 heterocycles. The largest absolute Gasteiger partial charge is 0.377 e. The summed E-state index contributed by atoms with van der Waals surface area (Å²) >= 11 is 0. The number of aryl methyl sites for hydroxylation is 1. The minimum atomic E-state index is -0.453. The zero-order valence-corrected chi connectivity index (χ0v) is 33.0. The van der Waals surface area contributed by atoms with E-state index in [9.17, 15) is 0 Å². The van der Waals surface area contributed by atoms with Gasteiger partial charge >= 0.3 is 0 Å². The van der Waals surface area contributed by atoms with Crippen LogP contribution in [0.15, 0.2) is 167 Å². The van der Waals surface area contributed by atoms with Crippen molar-refractivity contribution >= 4 is 28.7 Å². The minimum Gasteiger partial charge on any atom is -0.377 e. The summed E-state index contributed by atoms with van der Waals surface area (Å²) < 4.78 is 0. The first kappa shape index (κ1) is 35.8. The third-order valence-corrected chi connectivity index (χ3v) is 12.5. The highest BCUT2D eigenvalue weighted by molar-refractivity contribution is 6.10. The number of benzene rings is 4. The van der Waals surface area contributed by atoms with Crippen molar-refractivity contribution in [2.45, 2.75) is 77.3 Å². The van der Waals surface area contributed by atoms with Gasteiger partial charge in [0.1, 0.15) is 0 Å². The van der Waals surface area contributed by atoms with Crippen molar-refractivity contribution in [2.75, 3.05) is 10.6 Å². The van der Waals surface area contributed by atoms with Gasteiger partial charge in [0.2, 0.25) is 0 Å². The molecule has 2 atom stereocenters. The molecule has 0 radical (unpaired) electrons. The van der Waals surface area contributed by atoms with Crippen LogP contribution < -0.4 is 10.6 Å². The fraction of sp³-hybridized carbons (Fsp3) is 0.226. The lowest BCUT2D eigenvalue weighted by Gasteiger charge is -2.38. The molecule has 278 valence electrons. The first-order valence-corrected chi connectivity index (χ1v) is 20.5. The maximum atomic E-state index is 8.71. The van der Waals surface area contributed by atoms with Gasteiger partial charge in [-0.05, 0) is 131 Å². The molecule has 0 saturated carbocycles. The fourth-order valence-corrected chi connectivity index (χ4v) is 9.85. The van der Waals surface area contributed by atoms with E-state index < -0.39 is 5.41 Å². The van der Waals surface area contributed by atoms with E-state index in [0.717, 1.165) is 48.8 Å². The van der Waals surface area contributed by atoms with Crippen LogP contribution >= 0.6 is 0 Å². The Morgan fingerprint density at radius 1 is 0.857 bits per heavy atom. The van der Waals surface area contributed by atoms with Gasteiger partial charge in [-0.25, -0.2) is 0 Å². The molecule has 3 N–H and O–H groups in total. The second-order valence-corrected chi connectivity index (χ2v) is 16.0. The Hall–Kier alpha value is -5.93.